The summed E-state index contributed by atoms with van der Waals surface area (Å²) in [5, 5.41) is 0. The van der Waals surface area contributed by atoms with Crippen molar-refractivity contribution < 1.29 is 14.3 Å². The third-order valence-electron chi connectivity index (χ3n) is 1.31. The van der Waals surface area contributed by atoms with Gasteiger partial charge in [-0.3, -0.25) is 10.2 Å². The molecule has 6 heteroatoms. The lowest BCUT2D eigenvalue weighted by Gasteiger charge is -2.03. The molecule has 0 aliphatic heterocycles. The van der Waals surface area contributed by atoms with Crippen LogP contribution < -0.4 is 10.9 Å². The predicted octanol–water partition coefficient (Wildman–Crippen LogP) is 0.0155. The third-order valence-corrected chi connectivity index (χ3v) is 1.31. The first kappa shape index (κ1) is 9.11. The highest BCUT2D eigenvalue weighted by Gasteiger charge is 2.06. The summed E-state index contributed by atoms with van der Waals surface area (Å²) in [6.45, 7) is 0. The van der Waals surface area contributed by atoms with E-state index in [0.29, 0.717) is 5.69 Å². The molecule has 3 N–H and O–H groups in total. The minimum absolute atomic E-state index is 0.358. The summed E-state index contributed by atoms with van der Waals surface area (Å²) in [4.78, 5) is 24.3. The average Bonchev–Trinajstić information content (AvgIpc) is 2.66. The van der Waals surface area contributed by atoms with Crippen LogP contribution in [0.1, 0.15) is 10.5 Å². The summed E-state index contributed by atoms with van der Waals surface area (Å²) >= 11 is 0. The van der Waals surface area contributed by atoms with Gasteiger partial charge in [-0.05, 0) is 12.1 Å². The average molecular weight is 183 g/mol. The van der Waals surface area contributed by atoms with Gasteiger partial charge in [0.25, 0.3) is 5.91 Å². The van der Waals surface area contributed by atoms with E-state index < -0.39 is 12.0 Å². The maximum absolute atomic E-state index is 11.1. The number of methoxy groups -OCH3 is 1. The SMILES string of the molecule is COC(=O)NNC(=O)c1ccc[nH]1. The van der Waals surface area contributed by atoms with Crippen LogP contribution >= 0.6 is 0 Å². The molecule has 0 spiro atoms. The Kier molecular flexibility index (Phi) is 2.91. The molecular formula is C7H9N3O3. The first-order valence-electron chi connectivity index (χ1n) is 3.51. The van der Waals surface area contributed by atoms with Gasteiger partial charge in [0.15, 0.2) is 0 Å². The Bertz CT molecular complexity index is 294. The molecule has 0 radical (unpaired) electrons. The number of ether oxygens (including phenoxy) is 1. The Balaban J connectivity index is 2.39. The van der Waals surface area contributed by atoms with Gasteiger partial charge in [-0.25, -0.2) is 10.2 Å². The highest BCUT2D eigenvalue weighted by molar-refractivity contribution is 5.93. The Hall–Kier alpha value is -1.98. The highest BCUT2D eigenvalue weighted by Crippen LogP contribution is 1.92. The van der Waals surface area contributed by atoms with Gasteiger partial charge < -0.3 is 9.72 Å². The zero-order valence-corrected chi connectivity index (χ0v) is 6.96. The second kappa shape index (κ2) is 4.15. The molecular weight excluding hydrogens is 174 g/mol. The van der Waals surface area contributed by atoms with Crippen molar-refractivity contribution in [3.8, 4) is 0 Å². The molecule has 13 heavy (non-hydrogen) atoms. The maximum atomic E-state index is 11.1. The Morgan fingerprint density at radius 1 is 1.46 bits per heavy atom. The Morgan fingerprint density at radius 2 is 2.23 bits per heavy atom. The molecule has 0 aliphatic carbocycles. The first-order chi connectivity index (χ1) is 6.24. The molecule has 0 aliphatic rings. The summed E-state index contributed by atoms with van der Waals surface area (Å²) in [7, 11) is 1.20. The zero-order chi connectivity index (χ0) is 9.68. The smallest absolute Gasteiger partial charge is 0.425 e. The van der Waals surface area contributed by atoms with E-state index in [1.165, 1.54) is 7.11 Å². The monoisotopic (exact) mass is 183 g/mol. The van der Waals surface area contributed by atoms with Gasteiger partial charge in [-0.1, -0.05) is 0 Å². The summed E-state index contributed by atoms with van der Waals surface area (Å²) in [6, 6.07) is 3.25. The fourth-order valence-corrected chi connectivity index (χ4v) is 0.698. The molecule has 2 amide bonds. The number of hydrogen-bond donors (Lipinski definition) is 3. The standard InChI is InChI=1S/C7H9N3O3/c1-13-7(12)10-9-6(11)5-3-2-4-8-5/h2-4,8H,1H3,(H,9,11)(H,10,12). The van der Waals surface area contributed by atoms with Crippen molar-refractivity contribution in [2.75, 3.05) is 7.11 Å². The van der Waals surface area contributed by atoms with Crippen LogP contribution in [0.25, 0.3) is 0 Å². The van der Waals surface area contributed by atoms with E-state index in [4.69, 9.17) is 0 Å². The maximum Gasteiger partial charge on any atom is 0.425 e. The molecule has 0 saturated heterocycles. The van der Waals surface area contributed by atoms with Gasteiger partial charge >= 0.3 is 6.09 Å². The molecule has 70 valence electrons. The van der Waals surface area contributed by atoms with Crippen LogP contribution in [-0.2, 0) is 4.74 Å². The van der Waals surface area contributed by atoms with E-state index in [1.807, 2.05) is 5.43 Å². The van der Waals surface area contributed by atoms with Gasteiger partial charge in [0.1, 0.15) is 5.69 Å². The quantitative estimate of drug-likeness (QED) is 0.536. The largest absolute Gasteiger partial charge is 0.452 e. The summed E-state index contributed by atoms with van der Waals surface area (Å²) in [6.07, 6.45) is 0.882. The fourth-order valence-electron chi connectivity index (χ4n) is 0.698. The number of H-pyrrole nitrogens is 1. The highest BCUT2D eigenvalue weighted by atomic mass is 16.5. The first-order valence-corrected chi connectivity index (χ1v) is 3.51. The van der Waals surface area contributed by atoms with Crippen molar-refractivity contribution in [2.45, 2.75) is 0 Å². The fraction of sp³-hybridized carbons (Fsp3) is 0.143. The lowest BCUT2D eigenvalue weighted by atomic mass is 10.4. The van der Waals surface area contributed by atoms with Crippen LogP contribution in [0, 0.1) is 0 Å². The van der Waals surface area contributed by atoms with Crippen LogP contribution in [0.5, 0.6) is 0 Å². The van der Waals surface area contributed by atoms with Gasteiger partial charge in [-0.2, -0.15) is 0 Å². The van der Waals surface area contributed by atoms with E-state index >= 15 is 0 Å². The van der Waals surface area contributed by atoms with E-state index in [-0.39, 0.29) is 0 Å². The lowest BCUT2D eigenvalue weighted by molar-refractivity contribution is 0.0916. The second-order valence-electron chi connectivity index (χ2n) is 2.15. The number of carbonyl (C=O) groups excluding carboxylic acids is 2. The summed E-state index contributed by atoms with van der Waals surface area (Å²) in [5.74, 6) is -0.435. The van der Waals surface area contributed by atoms with Crippen molar-refractivity contribution in [1.29, 1.82) is 0 Å². The zero-order valence-electron chi connectivity index (χ0n) is 6.96. The normalized spacial score (nSPS) is 9.00. The lowest BCUT2D eigenvalue weighted by Crippen LogP contribution is -2.41. The summed E-state index contributed by atoms with van der Waals surface area (Å²) in [5.41, 5.74) is 4.54. The van der Waals surface area contributed by atoms with Crippen LogP contribution in [0.3, 0.4) is 0 Å². The predicted molar refractivity (Wildman–Crippen MR) is 43.8 cm³/mol. The Labute approximate surface area is 74.2 Å². The molecule has 1 rings (SSSR count). The number of aromatic amines is 1. The molecule has 1 aromatic rings. The molecule has 1 aromatic heterocycles. The van der Waals surface area contributed by atoms with Crippen molar-refractivity contribution in [2.24, 2.45) is 0 Å². The number of amides is 2. The van der Waals surface area contributed by atoms with Crippen molar-refractivity contribution >= 4 is 12.0 Å². The minimum atomic E-state index is -0.722. The van der Waals surface area contributed by atoms with Crippen LogP contribution in [-0.4, -0.2) is 24.1 Å². The molecule has 0 saturated carbocycles. The molecule has 0 unspecified atom stereocenters. The van der Waals surface area contributed by atoms with Gasteiger partial charge in [-0.15, -0.1) is 0 Å². The number of rotatable bonds is 1. The van der Waals surface area contributed by atoms with Gasteiger partial charge in [0.2, 0.25) is 0 Å². The van der Waals surface area contributed by atoms with Crippen LogP contribution in [0.2, 0.25) is 0 Å². The molecule has 0 bridgehead atoms. The number of nitrogens with one attached hydrogen (secondary N) is 3. The molecule has 6 nitrogen and oxygen atoms in total. The number of hydrazine groups is 1. The second-order valence-corrected chi connectivity index (χ2v) is 2.15. The Morgan fingerprint density at radius 3 is 2.77 bits per heavy atom. The van der Waals surface area contributed by atoms with E-state index in [0.717, 1.165) is 0 Å². The van der Waals surface area contributed by atoms with Crippen molar-refractivity contribution in [3.63, 3.8) is 0 Å². The molecule has 0 fully saturated rings. The number of hydrogen-bond acceptors (Lipinski definition) is 3. The van der Waals surface area contributed by atoms with Gasteiger partial charge in [0.05, 0.1) is 7.11 Å². The topological polar surface area (TPSA) is 83.2 Å². The van der Waals surface area contributed by atoms with Crippen LogP contribution in [0.15, 0.2) is 18.3 Å². The van der Waals surface area contributed by atoms with Crippen molar-refractivity contribution in [3.05, 3.63) is 24.0 Å². The van der Waals surface area contributed by atoms with Crippen LogP contribution in [0.4, 0.5) is 4.79 Å². The van der Waals surface area contributed by atoms with E-state index in [2.05, 4.69) is 15.1 Å². The molecule has 1 heterocycles. The minimum Gasteiger partial charge on any atom is -0.452 e. The molecule has 0 atom stereocenters. The van der Waals surface area contributed by atoms with Crippen molar-refractivity contribution in [1.82, 2.24) is 15.8 Å². The molecule has 0 aromatic carbocycles. The van der Waals surface area contributed by atoms with Gasteiger partial charge in [0, 0.05) is 6.20 Å². The van der Waals surface area contributed by atoms with E-state index in [1.54, 1.807) is 18.3 Å². The summed E-state index contributed by atoms with van der Waals surface area (Å²) < 4.78 is 4.24. The third kappa shape index (κ3) is 2.51. The number of aromatic nitrogens is 1. The van der Waals surface area contributed by atoms with E-state index in [9.17, 15) is 9.59 Å². The number of carbonyl (C=O) groups is 2.